The molecule has 0 amide bonds. The van der Waals surface area contributed by atoms with Crippen LogP contribution in [0.1, 0.15) is 12.5 Å². The van der Waals surface area contributed by atoms with Crippen LogP contribution in [0, 0.1) is 6.92 Å². The van der Waals surface area contributed by atoms with Gasteiger partial charge in [0.15, 0.2) is 0 Å². The van der Waals surface area contributed by atoms with Crippen molar-refractivity contribution in [2.75, 3.05) is 34.8 Å². The summed E-state index contributed by atoms with van der Waals surface area (Å²) in [4.78, 5) is 13.9. The number of hydrogen-bond acceptors (Lipinski definition) is 6. The van der Waals surface area contributed by atoms with E-state index in [1.165, 1.54) is 11.3 Å². The summed E-state index contributed by atoms with van der Waals surface area (Å²) in [6, 6.07) is 23.1. The minimum atomic E-state index is 0.393. The number of anilines is 4. The van der Waals surface area contributed by atoms with Gasteiger partial charge >= 0.3 is 0 Å². The molecule has 1 atom stereocenters. The monoisotopic (exact) mass is 425 g/mol. The first-order chi connectivity index (χ1) is 15.7. The van der Waals surface area contributed by atoms with Crippen molar-refractivity contribution < 1.29 is 0 Å². The van der Waals surface area contributed by atoms with Gasteiger partial charge in [-0.2, -0.15) is 4.98 Å². The first-order valence-electron chi connectivity index (χ1n) is 10.9. The molecule has 3 heterocycles. The Kier molecular flexibility index (Phi) is 5.46. The number of benzene rings is 2. The van der Waals surface area contributed by atoms with E-state index in [9.17, 15) is 0 Å². The van der Waals surface area contributed by atoms with Crippen LogP contribution in [0.4, 0.5) is 23.1 Å². The predicted molar refractivity (Wildman–Crippen MR) is 129 cm³/mol. The summed E-state index contributed by atoms with van der Waals surface area (Å²) in [5, 5.41) is 7.80. The van der Waals surface area contributed by atoms with E-state index in [1.54, 1.807) is 11.0 Å². The van der Waals surface area contributed by atoms with Gasteiger partial charge in [0.25, 0.3) is 0 Å². The average molecular weight is 426 g/mol. The van der Waals surface area contributed by atoms with E-state index in [-0.39, 0.29) is 0 Å². The lowest BCUT2D eigenvalue weighted by Crippen LogP contribution is -2.52. The van der Waals surface area contributed by atoms with E-state index in [2.05, 4.69) is 74.4 Å². The molecule has 162 valence electrons. The van der Waals surface area contributed by atoms with Crippen LogP contribution in [0.3, 0.4) is 0 Å². The van der Waals surface area contributed by atoms with Crippen molar-refractivity contribution in [3.8, 4) is 5.69 Å². The predicted octanol–water partition coefficient (Wildman–Crippen LogP) is 4.43. The van der Waals surface area contributed by atoms with E-state index in [0.717, 1.165) is 36.8 Å². The first-order valence-corrected chi connectivity index (χ1v) is 10.9. The smallest absolute Gasteiger partial charge is 0.246 e. The van der Waals surface area contributed by atoms with Crippen molar-refractivity contribution in [2.24, 2.45) is 0 Å². The van der Waals surface area contributed by atoms with Crippen LogP contribution in [0.25, 0.3) is 5.69 Å². The molecule has 5 rings (SSSR count). The van der Waals surface area contributed by atoms with Crippen molar-refractivity contribution in [3.63, 3.8) is 0 Å². The first kappa shape index (κ1) is 20.1. The molecule has 2 aromatic heterocycles. The Hall–Kier alpha value is -3.87. The van der Waals surface area contributed by atoms with Gasteiger partial charge in [0.05, 0.1) is 5.69 Å². The largest absolute Gasteiger partial charge is 0.365 e. The number of aromatic nitrogens is 4. The number of nitrogens with one attached hydrogen (secondary N) is 1. The fourth-order valence-electron chi connectivity index (χ4n) is 4.17. The minimum Gasteiger partial charge on any atom is -0.365 e. The molecule has 1 aliphatic heterocycles. The Labute approximate surface area is 188 Å². The molecule has 7 heteroatoms. The van der Waals surface area contributed by atoms with Crippen molar-refractivity contribution in [1.82, 2.24) is 19.7 Å². The van der Waals surface area contributed by atoms with E-state index in [4.69, 9.17) is 0 Å². The quantitative estimate of drug-likeness (QED) is 0.510. The van der Waals surface area contributed by atoms with Crippen molar-refractivity contribution >= 4 is 23.1 Å². The maximum absolute atomic E-state index is 4.64. The SMILES string of the molecule is Cc1cccc(N2CCN(c3cc(-n4cnc(Nc5ccccc5)n4)ccn3)CC2C)c1. The molecular weight excluding hydrogens is 398 g/mol. The van der Waals surface area contributed by atoms with Gasteiger partial charge in [0, 0.05) is 49.3 Å². The highest BCUT2D eigenvalue weighted by Crippen LogP contribution is 2.25. The average Bonchev–Trinajstić information content (AvgIpc) is 3.28. The summed E-state index contributed by atoms with van der Waals surface area (Å²) in [7, 11) is 0. The lowest BCUT2D eigenvalue weighted by atomic mass is 10.1. The Balaban J connectivity index is 1.30. The van der Waals surface area contributed by atoms with Gasteiger partial charge < -0.3 is 15.1 Å². The van der Waals surface area contributed by atoms with Crippen LogP contribution in [0.2, 0.25) is 0 Å². The number of aryl methyl sites for hydroxylation is 1. The Morgan fingerprint density at radius 1 is 0.906 bits per heavy atom. The van der Waals surface area contributed by atoms with Crippen LogP contribution in [-0.4, -0.2) is 45.4 Å². The number of rotatable bonds is 5. The van der Waals surface area contributed by atoms with Crippen LogP contribution in [-0.2, 0) is 0 Å². The molecule has 1 fully saturated rings. The van der Waals surface area contributed by atoms with Gasteiger partial charge in [-0.05, 0) is 49.7 Å². The lowest BCUT2D eigenvalue weighted by Gasteiger charge is -2.42. The van der Waals surface area contributed by atoms with Gasteiger partial charge in [0.2, 0.25) is 5.95 Å². The van der Waals surface area contributed by atoms with E-state index < -0.39 is 0 Å². The third-order valence-electron chi connectivity index (χ3n) is 5.80. The summed E-state index contributed by atoms with van der Waals surface area (Å²) in [6.07, 6.45) is 3.57. The maximum Gasteiger partial charge on any atom is 0.246 e. The molecule has 1 unspecified atom stereocenters. The second kappa shape index (κ2) is 8.70. The second-order valence-electron chi connectivity index (χ2n) is 8.20. The van der Waals surface area contributed by atoms with Gasteiger partial charge in [-0.3, -0.25) is 0 Å². The van der Waals surface area contributed by atoms with Crippen LogP contribution < -0.4 is 15.1 Å². The molecule has 0 spiro atoms. The number of nitrogens with zero attached hydrogens (tertiary/aromatic N) is 6. The summed E-state index contributed by atoms with van der Waals surface area (Å²) in [5.74, 6) is 1.53. The van der Waals surface area contributed by atoms with Crippen LogP contribution in [0.5, 0.6) is 0 Å². The Bertz CT molecular complexity index is 1190. The number of pyridine rings is 1. The highest BCUT2D eigenvalue weighted by molar-refractivity contribution is 5.55. The highest BCUT2D eigenvalue weighted by Gasteiger charge is 2.25. The Morgan fingerprint density at radius 3 is 2.59 bits per heavy atom. The molecule has 0 radical (unpaired) electrons. The zero-order chi connectivity index (χ0) is 21.9. The van der Waals surface area contributed by atoms with E-state index >= 15 is 0 Å². The molecule has 1 N–H and O–H groups in total. The Morgan fingerprint density at radius 2 is 1.78 bits per heavy atom. The van der Waals surface area contributed by atoms with Crippen molar-refractivity contribution in [1.29, 1.82) is 0 Å². The summed E-state index contributed by atoms with van der Waals surface area (Å²) < 4.78 is 1.78. The molecule has 32 heavy (non-hydrogen) atoms. The van der Waals surface area contributed by atoms with Gasteiger partial charge in [0.1, 0.15) is 12.1 Å². The lowest BCUT2D eigenvalue weighted by molar-refractivity contribution is 0.547. The summed E-state index contributed by atoms with van der Waals surface area (Å²) in [5.41, 5.74) is 4.49. The second-order valence-corrected chi connectivity index (χ2v) is 8.20. The number of piperazine rings is 1. The third-order valence-corrected chi connectivity index (χ3v) is 5.80. The minimum absolute atomic E-state index is 0.393. The van der Waals surface area contributed by atoms with Crippen molar-refractivity contribution in [3.05, 3.63) is 84.8 Å². The maximum atomic E-state index is 4.64. The molecular formula is C25H27N7. The molecule has 0 aliphatic carbocycles. The molecule has 1 aliphatic rings. The van der Waals surface area contributed by atoms with Crippen molar-refractivity contribution in [2.45, 2.75) is 19.9 Å². The zero-order valence-corrected chi connectivity index (χ0v) is 18.4. The van der Waals surface area contributed by atoms with Gasteiger partial charge in [-0.25, -0.2) is 9.67 Å². The molecule has 2 aromatic carbocycles. The number of para-hydroxylation sites is 1. The highest BCUT2D eigenvalue weighted by atomic mass is 15.4. The molecule has 1 saturated heterocycles. The normalized spacial score (nSPS) is 16.2. The standard InChI is InChI=1S/C25H27N7/c1-19-7-6-10-22(15-19)31-14-13-30(17-20(31)2)24-16-23(11-12-26-24)32-18-27-25(29-32)28-21-8-4-3-5-9-21/h3-12,15-16,18,20H,13-14,17H2,1-2H3,(H,28,29). The summed E-state index contributed by atoms with van der Waals surface area (Å²) in [6.45, 7) is 7.22. The molecule has 0 saturated carbocycles. The fourth-order valence-corrected chi connectivity index (χ4v) is 4.17. The summed E-state index contributed by atoms with van der Waals surface area (Å²) >= 11 is 0. The van der Waals surface area contributed by atoms with Gasteiger partial charge in [-0.15, -0.1) is 5.10 Å². The molecule has 7 nitrogen and oxygen atoms in total. The zero-order valence-electron chi connectivity index (χ0n) is 18.4. The molecule has 0 bridgehead atoms. The van der Waals surface area contributed by atoms with Crippen LogP contribution >= 0.6 is 0 Å². The molecule has 4 aromatic rings. The van der Waals surface area contributed by atoms with Crippen LogP contribution in [0.15, 0.2) is 79.3 Å². The van der Waals surface area contributed by atoms with Gasteiger partial charge in [-0.1, -0.05) is 30.3 Å². The third kappa shape index (κ3) is 4.27. The topological polar surface area (TPSA) is 62.1 Å². The van der Waals surface area contributed by atoms with E-state index in [1.807, 2.05) is 42.6 Å². The number of hydrogen-bond donors (Lipinski definition) is 1. The fraction of sp³-hybridized carbons (Fsp3) is 0.240. The van der Waals surface area contributed by atoms with E-state index in [0.29, 0.717) is 12.0 Å².